The van der Waals surface area contributed by atoms with Crippen LogP contribution in [0.25, 0.3) is 5.82 Å². The highest BCUT2D eigenvalue weighted by atomic mass is 16.4. The van der Waals surface area contributed by atoms with Crippen LogP contribution in [0.5, 0.6) is 0 Å². The van der Waals surface area contributed by atoms with Gasteiger partial charge in [-0.2, -0.15) is 5.10 Å². The van der Waals surface area contributed by atoms with Crippen molar-refractivity contribution < 1.29 is 9.52 Å². The molecule has 148 valence electrons. The van der Waals surface area contributed by atoms with E-state index in [0.717, 1.165) is 31.4 Å². The van der Waals surface area contributed by atoms with Crippen molar-refractivity contribution in [1.82, 2.24) is 29.9 Å². The predicted octanol–water partition coefficient (Wildman–Crippen LogP) is 1.53. The van der Waals surface area contributed by atoms with Crippen molar-refractivity contribution >= 4 is 0 Å². The third kappa shape index (κ3) is 4.05. The maximum atomic E-state index is 12.3. The van der Waals surface area contributed by atoms with E-state index in [1.165, 1.54) is 12.4 Å². The van der Waals surface area contributed by atoms with Gasteiger partial charge in [0.1, 0.15) is 30.3 Å². The molecule has 0 radical (unpaired) electrons. The Labute approximate surface area is 162 Å². The van der Waals surface area contributed by atoms with Crippen LogP contribution in [-0.4, -0.2) is 42.2 Å². The Hall–Kier alpha value is -2.78. The van der Waals surface area contributed by atoms with Crippen LogP contribution in [0.2, 0.25) is 0 Å². The van der Waals surface area contributed by atoms with Crippen LogP contribution in [0.15, 0.2) is 46.1 Å². The number of nitrogens with one attached hydrogen (secondary N) is 1. The van der Waals surface area contributed by atoms with Gasteiger partial charge in [-0.25, -0.2) is 14.3 Å². The predicted molar refractivity (Wildman–Crippen MR) is 101 cm³/mol. The third-order valence-corrected chi connectivity index (χ3v) is 5.20. The summed E-state index contributed by atoms with van der Waals surface area (Å²) in [7, 11) is 0. The van der Waals surface area contributed by atoms with Crippen LogP contribution in [0.3, 0.4) is 0 Å². The van der Waals surface area contributed by atoms with Gasteiger partial charge in [0.15, 0.2) is 5.82 Å². The molecule has 1 aliphatic carbocycles. The first-order valence-electron chi connectivity index (χ1n) is 9.53. The smallest absolute Gasteiger partial charge is 0.267 e. The Morgan fingerprint density at radius 3 is 2.75 bits per heavy atom. The number of nitrogens with zero attached hydrogens (tertiary/aromatic N) is 5. The van der Waals surface area contributed by atoms with E-state index < -0.39 is 6.10 Å². The Balaban J connectivity index is 1.34. The average molecular weight is 384 g/mol. The summed E-state index contributed by atoms with van der Waals surface area (Å²) >= 11 is 0. The van der Waals surface area contributed by atoms with Gasteiger partial charge in [0.05, 0.1) is 6.04 Å². The zero-order valence-corrected chi connectivity index (χ0v) is 15.7. The first-order chi connectivity index (χ1) is 13.6. The second-order valence-electron chi connectivity index (χ2n) is 7.19. The molecule has 9 heteroatoms. The van der Waals surface area contributed by atoms with E-state index in [2.05, 4.69) is 20.5 Å². The third-order valence-electron chi connectivity index (χ3n) is 5.20. The van der Waals surface area contributed by atoms with Gasteiger partial charge in [0.2, 0.25) is 0 Å². The molecule has 0 aliphatic heterocycles. The van der Waals surface area contributed by atoms with Crippen molar-refractivity contribution in [3.63, 3.8) is 0 Å². The van der Waals surface area contributed by atoms with Crippen LogP contribution in [0, 0.1) is 6.92 Å². The number of aromatic nitrogens is 5. The van der Waals surface area contributed by atoms with Gasteiger partial charge in [0, 0.05) is 18.7 Å². The Kier molecular flexibility index (Phi) is 5.36. The van der Waals surface area contributed by atoms with E-state index in [-0.39, 0.29) is 11.6 Å². The number of furan rings is 1. The van der Waals surface area contributed by atoms with Gasteiger partial charge in [-0.05, 0) is 50.8 Å². The average Bonchev–Trinajstić information content (AvgIpc) is 3.39. The number of hydrogen-bond acceptors (Lipinski definition) is 7. The fourth-order valence-electron chi connectivity index (χ4n) is 3.66. The quantitative estimate of drug-likeness (QED) is 0.663. The second kappa shape index (κ2) is 8.07. The molecule has 0 aromatic carbocycles. The SMILES string of the molecule is Cc1ccc(C(O)CNC2CCC(n3nc(-n4cncn4)ccc3=O)CC2)o1. The largest absolute Gasteiger partial charge is 0.464 e. The van der Waals surface area contributed by atoms with Crippen molar-refractivity contribution in [2.75, 3.05) is 6.54 Å². The zero-order chi connectivity index (χ0) is 19.5. The van der Waals surface area contributed by atoms with Gasteiger partial charge in [-0.3, -0.25) is 4.79 Å². The minimum Gasteiger partial charge on any atom is -0.464 e. The summed E-state index contributed by atoms with van der Waals surface area (Å²) < 4.78 is 8.57. The van der Waals surface area contributed by atoms with Crippen molar-refractivity contribution in [3.8, 4) is 5.82 Å². The number of hydrogen-bond donors (Lipinski definition) is 2. The molecule has 0 amide bonds. The van der Waals surface area contributed by atoms with Gasteiger partial charge in [-0.1, -0.05) is 0 Å². The topological polar surface area (TPSA) is 111 Å². The fraction of sp³-hybridized carbons (Fsp3) is 0.474. The summed E-state index contributed by atoms with van der Waals surface area (Å²) in [6.07, 6.45) is 5.86. The first kappa shape index (κ1) is 18.6. The lowest BCUT2D eigenvalue weighted by Crippen LogP contribution is -2.38. The summed E-state index contributed by atoms with van der Waals surface area (Å²) in [4.78, 5) is 16.2. The van der Waals surface area contributed by atoms with Crippen LogP contribution < -0.4 is 10.9 Å². The van der Waals surface area contributed by atoms with E-state index in [1.807, 2.05) is 13.0 Å². The molecule has 1 atom stereocenters. The number of rotatable bonds is 6. The molecule has 28 heavy (non-hydrogen) atoms. The summed E-state index contributed by atoms with van der Waals surface area (Å²) in [5.41, 5.74) is -0.108. The molecule has 1 saturated carbocycles. The minimum absolute atomic E-state index is 0.0617. The Bertz CT molecular complexity index is 956. The van der Waals surface area contributed by atoms with Crippen molar-refractivity contribution in [2.24, 2.45) is 0 Å². The second-order valence-corrected chi connectivity index (χ2v) is 7.19. The number of aliphatic hydroxyl groups excluding tert-OH is 1. The van der Waals surface area contributed by atoms with E-state index in [0.29, 0.717) is 24.2 Å². The van der Waals surface area contributed by atoms with Gasteiger partial charge >= 0.3 is 0 Å². The molecule has 0 bridgehead atoms. The molecule has 1 unspecified atom stereocenters. The van der Waals surface area contributed by atoms with E-state index in [4.69, 9.17) is 4.42 Å². The van der Waals surface area contributed by atoms with Crippen molar-refractivity contribution in [2.45, 2.75) is 50.8 Å². The van der Waals surface area contributed by atoms with Crippen molar-refractivity contribution in [3.05, 3.63) is 58.8 Å². The van der Waals surface area contributed by atoms with Gasteiger partial charge in [-0.15, -0.1) is 5.10 Å². The molecule has 3 aromatic heterocycles. The Morgan fingerprint density at radius 2 is 2.07 bits per heavy atom. The standard InChI is InChI=1S/C19H24N6O3/c1-13-2-7-17(28-13)16(26)10-21-14-3-5-15(6-4-14)25-19(27)9-8-18(23-25)24-12-20-11-22-24/h2,7-9,11-12,14-16,21,26H,3-6,10H2,1H3. The van der Waals surface area contributed by atoms with Crippen molar-refractivity contribution in [1.29, 1.82) is 0 Å². The zero-order valence-electron chi connectivity index (χ0n) is 15.7. The molecule has 2 N–H and O–H groups in total. The lowest BCUT2D eigenvalue weighted by molar-refractivity contribution is 0.136. The van der Waals surface area contributed by atoms with E-state index >= 15 is 0 Å². The van der Waals surface area contributed by atoms with Crippen LogP contribution >= 0.6 is 0 Å². The molecule has 1 fully saturated rings. The first-order valence-corrected chi connectivity index (χ1v) is 9.53. The van der Waals surface area contributed by atoms with Crippen LogP contribution in [0.1, 0.15) is 49.3 Å². The van der Waals surface area contributed by atoms with E-state index in [9.17, 15) is 9.90 Å². The molecule has 3 aromatic rings. The summed E-state index contributed by atoms with van der Waals surface area (Å²) in [5, 5.41) is 22.2. The fourth-order valence-corrected chi connectivity index (χ4v) is 3.66. The lowest BCUT2D eigenvalue weighted by Gasteiger charge is -2.30. The van der Waals surface area contributed by atoms with Crippen LogP contribution in [0.4, 0.5) is 0 Å². The lowest BCUT2D eigenvalue weighted by atomic mass is 9.91. The summed E-state index contributed by atoms with van der Waals surface area (Å²) in [6, 6.07) is 7.19. The molecule has 9 nitrogen and oxygen atoms in total. The normalized spacial score (nSPS) is 20.9. The molecular formula is C19H24N6O3. The monoisotopic (exact) mass is 384 g/mol. The minimum atomic E-state index is -0.657. The molecular weight excluding hydrogens is 360 g/mol. The maximum Gasteiger partial charge on any atom is 0.267 e. The molecule has 0 spiro atoms. The van der Waals surface area contributed by atoms with Gasteiger partial charge < -0.3 is 14.8 Å². The molecule has 4 rings (SSSR count). The van der Waals surface area contributed by atoms with Gasteiger partial charge in [0.25, 0.3) is 5.56 Å². The Morgan fingerprint density at radius 1 is 1.25 bits per heavy atom. The van der Waals surface area contributed by atoms with Crippen LogP contribution in [-0.2, 0) is 0 Å². The number of aryl methyl sites for hydroxylation is 1. The number of aliphatic hydroxyl groups is 1. The molecule has 3 heterocycles. The molecule has 1 aliphatic rings. The maximum absolute atomic E-state index is 12.3. The highest BCUT2D eigenvalue weighted by molar-refractivity contribution is 5.16. The van der Waals surface area contributed by atoms with E-state index in [1.54, 1.807) is 27.8 Å². The highest BCUT2D eigenvalue weighted by Crippen LogP contribution is 2.27. The summed E-state index contributed by atoms with van der Waals surface area (Å²) in [5.74, 6) is 1.95. The summed E-state index contributed by atoms with van der Waals surface area (Å²) in [6.45, 7) is 2.31. The molecule has 0 saturated heterocycles. The highest BCUT2D eigenvalue weighted by Gasteiger charge is 2.25.